The highest BCUT2D eigenvalue weighted by molar-refractivity contribution is 9.09. The molecule has 6 heteroatoms. The van der Waals surface area contributed by atoms with Crippen molar-refractivity contribution in [3.63, 3.8) is 0 Å². The van der Waals surface area contributed by atoms with E-state index in [1.165, 1.54) is 0 Å². The van der Waals surface area contributed by atoms with Crippen LogP contribution in [0.1, 0.15) is 19.3 Å². The third-order valence-corrected chi connectivity index (χ3v) is 6.68. The highest BCUT2D eigenvalue weighted by atomic mass is 79.9. The van der Waals surface area contributed by atoms with Crippen molar-refractivity contribution >= 4 is 36.9 Å². The van der Waals surface area contributed by atoms with Crippen LogP contribution in [0.3, 0.4) is 0 Å². The zero-order chi connectivity index (χ0) is 14.9. The first-order chi connectivity index (χ1) is 10.1. The van der Waals surface area contributed by atoms with Crippen LogP contribution in [0.5, 0.6) is 0 Å². The molecule has 0 bridgehead atoms. The van der Waals surface area contributed by atoms with Gasteiger partial charge in [0.05, 0.1) is 10.4 Å². The summed E-state index contributed by atoms with van der Waals surface area (Å²) < 4.78 is 27.9. The largest absolute Gasteiger partial charge is 0.256 e. The van der Waals surface area contributed by atoms with Gasteiger partial charge in [0.25, 0.3) is 0 Å². The van der Waals surface area contributed by atoms with Gasteiger partial charge in [-0.25, -0.2) is 13.1 Å². The van der Waals surface area contributed by atoms with Gasteiger partial charge in [0.15, 0.2) is 0 Å². The standard InChI is InChI=1S/C15H17BrN2O2S/c16-13-6-1-4-11(13)10-18-21(19,20)15-8-2-7-14-12(15)5-3-9-17-14/h2-3,5,7-9,11,13,18H,1,4,6,10H2. The molecular weight excluding hydrogens is 352 g/mol. The van der Waals surface area contributed by atoms with Crippen LogP contribution in [0.4, 0.5) is 0 Å². The van der Waals surface area contributed by atoms with Crippen LogP contribution in [-0.2, 0) is 10.0 Å². The van der Waals surface area contributed by atoms with Crippen molar-refractivity contribution in [2.75, 3.05) is 6.54 Å². The van der Waals surface area contributed by atoms with E-state index in [-0.39, 0.29) is 0 Å². The number of halogens is 1. The lowest BCUT2D eigenvalue weighted by atomic mass is 10.1. The molecule has 1 heterocycles. The molecule has 0 amide bonds. The fourth-order valence-electron chi connectivity index (χ4n) is 2.83. The van der Waals surface area contributed by atoms with Crippen molar-refractivity contribution in [1.29, 1.82) is 0 Å². The number of hydrogen-bond acceptors (Lipinski definition) is 3. The molecule has 112 valence electrons. The molecule has 3 rings (SSSR count). The number of benzene rings is 1. The summed E-state index contributed by atoms with van der Waals surface area (Å²) in [6.45, 7) is 0.481. The number of hydrogen-bond donors (Lipinski definition) is 1. The van der Waals surface area contributed by atoms with Gasteiger partial charge in [-0.05, 0) is 43.0 Å². The highest BCUT2D eigenvalue weighted by Crippen LogP contribution is 2.31. The summed E-state index contributed by atoms with van der Waals surface area (Å²) in [7, 11) is -3.51. The van der Waals surface area contributed by atoms with Crippen molar-refractivity contribution in [1.82, 2.24) is 9.71 Å². The Kier molecular flexibility index (Phi) is 4.28. The fraction of sp³-hybridized carbons (Fsp3) is 0.400. The number of nitrogens with zero attached hydrogens (tertiary/aromatic N) is 1. The van der Waals surface area contributed by atoms with Crippen LogP contribution >= 0.6 is 15.9 Å². The summed E-state index contributed by atoms with van der Waals surface area (Å²) in [5.41, 5.74) is 0.694. The zero-order valence-electron chi connectivity index (χ0n) is 11.5. The minimum absolute atomic E-state index is 0.303. The molecule has 2 unspecified atom stereocenters. The smallest absolute Gasteiger partial charge is 0.241 e. The minimum Gasteiger partial charge on any atom is -0.256 e. The van der Waals surface area contributed by atoms with Gasteiger partial charge in [-0.15, -0.1) is 0 Å². The SMILES string of the molecule is O=S(=O)(NCC1CCCC1Br)c1cccc2ncccc12. The fourth-order valence-corrected chi connectivity index (χ4v) is 4.91. The van der Waals surface area contributed by atoms with Gasteiger partial charge in [-0.2, -0.15) is 0 Å². The molecule has 0 spiro atoms. The minimum atomic E-state index is -3.51. The molecule has 0 saturated heterocycles. The Balaban J connectivity index is 1.86. The molecule has 1 aliphatic carbocycles. The Hall–Kier alpha value is -0.980. The zero-order valence-corrected chi connectivity index (χ0v) is 13.9. The molecule has 1 aliphatic rings. The second-order valence-electron chi connectivity index (χ2n) is 5.39. The molecule has 0 aliphatic heterocycles. The van der Waals surface area contributed by atoms with E-state index in [1.807, 2.05) is 6.07 Å². The Labute approximate surface area is 133 Å². The third kappa shape index (κ3) is 3.12. The third-order valence-electron chi connectivity index (χ3n) is 4.00. The Morgan fingerprint density at radius 3 is 2.86 bits per heavy atom. The Morgan fingerprint density at radius 1 is 1.24 bits per heavy atom. The predicted molar refractivity (Wildman–Crippen MR) is 87.0 cm³/mol. The summed E-state index contributed by atoms with van der Waals surface area (Å²) in [5, 5.41) is 0.661. The van der Waals surface area contributed by atoms with Crippen molar-refractivity contribution in [3.05, 3.63) is 36.5 Å². The van der Waals surface area contributed by atoms with Crippen LogP contribution in [0.2, 0.25) is 0 Å². The molecule has 2 aromatic rings. The average molecular weight is 369 g/mol. The van der Waals surface area contributed by atoms with Crippen molar-refractivity contribution in [2.24, 2.45) is 5.92 Å². The maximum Gasteiger partial charge on any atom is 0.241 e. The lowest BCUT2D eigenvalue weighted by Gasteiger charge is -2.15. The van der Waals surface area contributed by atoms with Gasteiger partial charge in [-0.1, -0.05) is 28.4 Å². The van der Waals surface area contributed by atoms with Gasteiger partial charge in [-0.3, -0.25) is 4.98 Å². The van der Waals surface area contributed by atoms with Crippen molar-refractivity contribution < 1.29 is 8.42 Å². The molecule has 1 N–H and O–H groups in total. The molecule has 4 nitrogen and oxygen atoms in total. The number of nitrogens with one attached hydrogen (secondary N) is 1. The maximum absolute atomic E-state index is 12.6. The van der Waals surface area contributed by atoms with E-state index in [9.17, 15) is 8.42 Å². The van der Waals surface area contributed by atoms with Crippen molar-refractivity contribution in [3.8, 4) is 0 Å². The summed E-state index contributed by atoms with van der Waals surface area (Å²) in [4.78, 5) is 4.92. The second-order valence-corrected chi connectivity index (χ2v) is 8.30. The second kappa shape index (κ2) is 6.02. The number of sulfonamides is 1. The molecule has 1 saturated carbocycles. The highest BCUT2D eigenvalue weighted by Gasteiger charge is 2.27. The number of pyridine rings is 1. The quantitative estimate of drug-likeness (QED) is 0.843. The van der Waals surface area contributed by atoms with E-state index in [4.69, 9.17) is 0 Å². The topological polar surface area (TPSA) is 59.1 Å². The van der Waals surface area contributed by atoms with E-state index >= 15 is 0 Å². The van der Waals surface area contributed by atoms with Crippen molar-refractivity contribution in [2.45, 2.75) is 29.0 Å². The summed E-state index contributed by atoms with van der Waals surface area (Å²) in [5.74, 6) is 0.368. The number of fused-ring (bicyclic) bond motifs is 1. The normalized spacial score (nSPS) is 22.7. The van der Waals surface area contributed by atoms with Crippen LogP contribution in [0.15, 0.2) is 41.4 Å². The maximum atomic E-state index is 12.6. The summed E-state index contributed by atoms with van der Waals surface area (Å²) in [6.07, 6.45) is 5.00. The van der Waals surface area contributed by atoms with Gasteiger partial charge in [0.2, 0.25) is 10.0 Å². The number of aromatic nitrogens is 1. The first kappa shape index (κ1) is 14.9. The lowest BCUT2D eigenvalue weighted by molar-refractivity contribution is 0.530. The predicted octanol–water partition coefficient (Wildman–Crippen LogP) is 3.08. The van der Waals surface area contributed by atoms with E-state index in [0.717, 1.165) is 19.3 Å². The Bertz CT molecular complexity index is 743. The van der Waals surface area contributed by atoms with Crippen LogP contribution < -0.4 is 4.72 Å². The molecule has 2 atom stereocenters. The van der Waals surface area contributed by atoms with Gasteiger partial charge in [0.1, 0.15) is 0 Å². The monoisotopic (exact) mass is 368 g/mol. The number of alkyl halides is 1. The lowest BCUT2D eigenvalue weighted by Crippen LogP contribution is -2.31. The first-order valence-corrected chi connectivity index (χ1v) is 9.45. The molecular formula is C15H17BrN2O2S. The Morgan fingerprint density at radius 2 is 2.10 bits per heavy atom. The molecule has 1 aromatic heterocycles. The van der Waals surface area contributed by atoms with Crippen LogP contribution in [0.25, 0.3) is 10.9 Å². The first-order valence-electron chi connectivity index (χ1n) is 7.05. The van der Waals surface area contributed by atoms with E-state index in [2.05, 4.69) is 25.6 Å². The van der Waals surface area contributed by atoms with E-state index in [0.29, 0.717) is 33.1 Å². The van der Waals surface area contributed by atoms with Gasteiger partial charge in [0, 0.05) is 23.0 Å². The molecule has 1 fully saturated rings. The van der Waals surface area contributed by atoms with E-state index in [1.54, 1.807) is 30.5 Å². The van der Waals surface area contributed by atoms with Gasteiger partial charge < -0.3 is 0 Å². The molecule has 1 aromatic carbocycles. The van der Waals surface area contributed by atoms with Gasteiger partial charge >= 0.3 is 0 Å². The van der Waals surface area contributed by atoms with Crippen LogP contribution in [0, 0.1) is 5.92 Å². The van der Waals surface area contributed by atoms with E-state index < -0.39 is 10.0 Å². The number of rotatable bonds is 4. The average Bonchev–Trinajstić information content (AvgIpc) is 2.90. The van der Waals surface area contributed by atoms with Crippen LogP contribution in [-0.4, -0.2) is 24.8 Å². The summed E-state index contributed by atoms with van der Waals surface area (Å²) in [6, 6.07) is 8.73. The molecule has 0 radical (unpaired) electrons. The summed E-state index contributed by atoms with van der Waals surface area (Å²) >= 11 is 3.62. The molecule has 21 heavy (non-hydrogen) atoms.